The van der Waals surface area contributed by atoms with E-state index in [2.05, 4.69) is 5.32 Å². The average Bonchev–Trinajstić information content (AvgIpc) is 2.46. The van der Waals surface area contributed by atoms with E-state index in [9.17, 15) is 9.90 Å². The highest BCUT2D eigenvalue weighted by molar-refractivity contribution is 6.41. The fourth-order valence-electron chi connectivity index (χ4n) is 2.05. The van der Waals surface area contributed by atoms with Gasteiger partial charge in [0, 0.05) is 11.5 Å². The number of amides is 1. The number of phenols is 1. The summed E-state index contributed by atoms with van der Waals surface area (Å²) < 4.78 is 0. The molecule has 3 N–H and O–H groups in total. The molecule has 1 aromatic rings. The van der Waals surface area contributed by atoms with Gasteiger partial charge in [0.2, 0.25) is 0 Å². The number of phenolic OH excluding ortho intramolecular Hbond substituents is 1. The van der Waals surface area contributed by atoms with Gasteiger partial charge in [0.25, 0.3) is 5.91 Å². The topological polar surface area (TPSA) is 73.2 Å². The highest BCUT2D eigenvalue weighted by Gasteiger charge is 2.44. The minimum absolute atomic E-state index is 0.0629. The van der Waals surface area contributed by atoms with Gasteiger partial charge in [-0.2, -0.15) is 0 Å². The molecule has 0 radical (unpaired) electrons. The molecule has 0 aliphatic carbocycles. The van der Waals surface area contributed by atoms with Gasteiger partial charge in [0.1, 0.15) is 11.5 Å². The number of carbonyl (C=O) groups excluding carboxylic acids is 1. The average molecular weight is 232 g/mol. The molecule has 1 heterocycles. The molecule has 0 aromatic heterocycles. The molecule has 90 valence electrons. The van der Waals surface area contributed by atoms with Crippen LogP contribution >= 0.6 is 0 Å². The van der Waals surface area contributed by atoms with Crippen molar-refractivity contribution in [3.05, 3.63) is 29.8 Å². The van der Waals surface area contributed by atoms with Crippen LogP contribution in [0.3, 0.4) is 0 Å². The maximum atomic E-state index is 11.5. The lowest BCUT2D eigenvalue weighted by Crippen LogP contribution is -2.36. The smallest absolute Gasteiger partial charge is 0.265 e. The lowest BCUT2D eigenvalue weighted by Gasteiger charge is -2.25. The van der Waals surface area contributed by atoms with Crippen LogP contribution in [0.2, 0.25) is 0 Å². The van der Waals surface area contributed by atoms with E-state index in [0.29, 0.717) is 6.42 Å². The Bertz CT molecular complexity index is 463. The summed E-state index contributed by atoms with van der Waals surface area (Å²) in [6.45, 7) is 3.80. The molecule has 4 heteroatoms. The van der Waals surface area contributed by atoms with Gasteiger partial charge in [-0.3, -0.25) is 10.2 Å². The molecule has 1 amide bonds. The number of aromatic hydroxyl groups is 1. The monoisotopic (exact) mass is 232 g/mol. The zero-order chi connectivity index (χ0) is 12.6. The Balaban J connectivity index is 2.17. The number of rotatable bonds is 2. The van der Waals surface area contributed by atoms with Gasteiger partial charge < -0.3 is 10.4 Å². The zero-order valence-electron chi connectivity index (χ0n) is 9.95. The first-order valence-electron chi connectivity index (χ1n) is 5.59. The van der Waals surface area contributed by atoms with Crippen LogP contribution in [-0.2, 0) is 11.2 Å². The summed E-state index contributed by atoms with van der Waals surface area (Å²) in [5, 5.41) is 19.8. The van der Waals surface area contributed by atoms with Crippen LogP contribution in [-0.4, -0.2) is 22.8 Å². The minimum atomic E-state index is -0.449. The maximum absolute atomic E-state index is 11.5. The van der Waals surface area contributed by atoms with Gasteiger partial charge in [-0.1, -0.05) is 26.0 Å². The van der Waals surface area contributed by atoms with Crippen molar-refractivity contribution in [1.82, 2.24) is 5.32 Å². The Labute approximate surface area is 100 Å². The van der Waals surface area contributed by atoms with Gasteiger partial charge in [-0.15, -0.1) is 0 Å². The van der Waals surface area contributed by atoms with Gasteiger partial charge in [-0.25, -0.2) is 0 Å². The molecule has 17 heavy (non-hydrogen) atoms. The van der Waals surface area contributed by atoms with Crippen molar-refractivity contribution < 1.29 is 9.90 Å². The van der Waals surface area contributed by atoms with Gasteiger partial charge in [0.15, 0.2) is 0 Å². The van der Waals surface area contributed by atoms with E-state index < -0.39 is 5.41 Å². The molecule has 1 atom stereocenters. The Morgan fingerprint density at radius 2 is 1.94 bits per heavy atom. The van der Waals surface area contributed by atoms with Crippen molar-refractivity contribution in [2.75, 3.05) is 0 Å². The Morgan fingerprint density at radius 3 is 2.41 bits per heavy atom. The minimum Gasteiger partial charge on any atom is -0.508 e. The molecule has 0 bridgehead atoms. The number of hydrogen-bond acceptors (Lipinski definition) is 3. The Kier molecular flexibility index (Phi) is 2.65. The predicted molar refractivity (Wildman–Crippen MR) is 65.2 cm³/mol. The number of nitrogens with one attached hydrogen (secondary N) is 2. The van der Waals surface area contributed by atoms with E-state index in [4.69, 9.17) is 5.41 Å². The van der Waals surface area contributed by atoms with Crippen molar-refractivity contribution in [2.24, 2.45) is 5.41 Å². The van der Waals surface area contributed by atoms with Gasteiger partial charge >= 0.3 is 0 Å². The van der Waals surface area contributed by atoms with Crippen molar-refractivity contribution >= 4 is 11.6 Å². The van der Waals surface area contributed by atoms with Crippen LogP contribution < -0.4 is 5.32 Å². The van der Waals surface area contributed by atoms with Crippen LogP contribution in [0.5, 0.6) is 5.75 Å². The van der Waals surface area contributed by atoms with E-state index in [1.807, 2.05) is 26.0 Å². The van der Waals surface area contributed by atoms with E-state index in [-0.39, 0.29) is 23.4 Å². The van der Waals surface area contributed by atoms with Crippen LogP contribution in [0, 0.1) is 10.8 Å². The van der Waals surface area contributed by atoms with Gasteiger partial charge in [-0.05, 0) is 24.1 Å². The standard InChI is InChI=1S/C13H16N2O2/c1-13(2)10(15-12(17)11(13)14)7-8-3-5-9(16)6-4-8/h3-6,10,14,16H,7H2,1-2H3,(H,15,17). The van der Waals surface area contributed by atoms with Crippen LogP contribution in [0.15, 0.2) is 24.3 Å². The third-order valence-corrected chi connectivity index (χ3v) is 3.42. The molecule has 1 aliphatic rings. The number of benzene rings is 1. The summed E-state index contributed by atoms with van der Waals surface area (Å²) in [4.78, 5) is 11.5. The summed E-state index contributed by atoms with van der Waals surface area (Å²) in [5.74, 6) is -0.0463. The SMILES string of the molecule is CC1(C)C(=N)C(=O)NC1Cc1ccc(O)cc1. The quantitative estimate of drug-likeness (QED) is 0.722. The molecule has 1 aromatic carbocycles. The molecule has 0 spiro atoms. The third kappa shape index (κ3) is 2.02. The zero-order valence-corrected chi connectivity index (χ0v) is 9.95. The first-order chi connectivity index (χ1) is 7.91. The Hall–Kier alpha value is -1.84. The summed E-state index contributed by atoms with van der Waals surface area (Å²) in [7, 11) is 0. The van der Waals surface area contributed by atoms with Crippen molar-refractivity contribution in [3.63, 3.8) is 0 Å². The predicted octanol–water partition coefficient (Wildman–Crippen LogP) is 1.48. The van der Waals surface area contributed by atoms with Crippen LogP contribution in [0.4, 0.5) is 0 Å². The molecule has 1 fully saturated rings. The first-order valence-corrected chi connectivity index (χ1v) is 5.59. The van der Waals surface area contributed by atoms with Crippen molar-refractivity contribution in [3.8, 4) is 5.75 Å². The lowest BCUT2D eigenvalue weighted by molar-refractivity contribution is -0.114. The summed E-state index contributed by atoms with van der Waals surface area (Å²) in [5.41, 5.74) is 0.728. The Morgan fingerprint density at radius 1 is 1.35 bits per heavy atom. The fraction of sp³-hybridized carbons (Fsp3) is 0.385. The van der Waals surface area contributed by atoms with E-state index in [1.165, 1.54) is 0 Å². The molecule has 0 saturated carbocycles. The summed E-state index contributed by atoms with van der Waals surface area (Å²) in [6.07, 6.45) is 0.668. The second-order valence-corrected chi connectivity index (χ2v) is 4.99. The van der Waals surface area contributed by atoms with E-state index >= 15 is 0 Å². The van der Waals surface area contributed by atoms with Crippen LogP contribution in [0.1, 0.15) is 19.4 Å². The molecule has 1 aliphatic heterocycles. The second kappa shape index (κ2) is 3.87. The van der Waals surface area contributed by atoms with Gasteiger partial charge in [0.05, 0.1) is 0 Å². The van der Waals surface area contributed by atoms with Crippen molar-refractivity contribution in [2.45, 2.75) is 26.3 Å². The largest absolute Gasteiger partial charge is 0.508 e. The normalized spacial score (nSPS) is 22.6. The molecular formula is C13H16N2O2. The molecular weight excluding hydrogens is 216 g/mol. The van der Waals surface area contributed by atoms with E-state index in [1.54, 1.807) is 12.1 Å². The molecule has 1 unspecified atom stereocenters. The van der Waals surface area contributed by atoms with Crippen molar-refractivity contribution in [1.29, 1.82) is 5.41 Å². The van der Waals surface area contributed by atoms with Crippen LogP contribution in [0.25, 0.3) is 0 Å². The maximum Gasteiger partial charge on any atom is 0.265 e. The lowest BCUT2D eigenvalue weighted by atomic mass is 9.80. The summed E-state index contributed by atoms with van der Waals surface area (Å²) in [6, 6.07) is 6.86. The third-order valence-electron chi connectivity index (χ3n) is 3.42. The first kappa shape index (κ1) is 11.6. The number of carbonyl (C=O) groups is 1. The highest BCUT2D eigenvalue weighted by Crippen LogP contribution is 2.30. The summed E-state index contributed by atoms with van der Waals surface area (Å²) >= 11 is 0. The molecule has 2 rings (SSSR count). The highest BCUT2D eigenvalue weighted by atomic mass is 16.3. The second-order valence-electron chi connectivity index (χ2n) is 4.99. The molecule has 4 nitrogen and oxygen atoms in total. The number of hydrogen-bond donors (Lipinski definition) is 3. The fourth-order valence-corrected chi connectivity index (χ4v) is 2.05. The molecule has 1 saturated heterocycles. The van der Waals surface area contributed by atoms with E-state index in [0.717, 1.165) is 5.56 Å².